The van der Waals surface area contributed by atoms with E-state index in [1.54, 1.807) is 28.9 Å². The van der Waals surface area contributed by atoms with E-state index in [9.17, 15) is 9.59 Å². The summed E-state index contributed by atoms with van der Waals surface area (Å²) in [5, 5.41) is 3.98. The Hall–Kier alpha value is -2.71. The van der Waals surface area contributed by atoms with Crippen molar-refractivity contribution in [3.63, 3.8) is 0 Å². The van der Waals surface area contributed by atoms with Crippen LogP contribution < -0.4 is 10.9 Å². The second-order valence-corrected chi connectivity index (χ2v) is 7.90. The number of hydrogen-bond donors (Lipinski definition) is 1. The Labute approximate surface area is 163 Å². The summed E-state index contributed by atoms with van der Waals surface area (Å²) in [4.78, 5) is 35.4. The number of nitrogens with one attached hydrogen (secondary N) is 1. The molecule has 0 saturated carbocycles. The molecule has 4 aromatic rings. The molecule has 0 aliphatic carbocycles. The summed E-state index contributed by atoms with van der Waals surface area (Å²) in [5.41, 5.74) is 2.18. The molecule has 7 nitrogen and oxygen atoms in total. The molecule has 9 heteroatoms. The maximum absolute atomic E-state index is 12.6. The number of rotatable bonds is 4. The average molecular weight is 402 g/mol. The van der Waals surface area contributed by atoms with Crippen molar-refractivity contribution in [3.05, 3.63) is 62.4 Å². The van der Waals surface area contributed by atoms with E-state index in [4.69, 9.17) is 11.6 Å². The zero-order valence-corrected chi connectivity index (χ0v) is 16.3. The van der Waals surface area contributed by atoms with E-state index in [0.29, 0.717) is 20.9 Å². The second-order valence-electron chi connectivity index (χ2n) is 6.26. The minimum absolute atomic E-state index is 0.0880. The number of fused-ring (bicyclic) bond motifs is 2. The fourth-order valence-corrected chi connectivity index (χ4v) is 4.04. The van der Waals surface area contributed by atoms with Gasteiger partial charge in [0.25, 0.3) is 5.56 Å². The molecule has 4 aromatic heterocycles. The molecule has 1 N–H and O–H groups in total. The van der Waals surface area contributed by atoms with Crippen LogP contribution in [-0.2, 0) is 17.9 Å². The summed E-state index contributed by atoms with van der Waals surface area (Å²) >= 11 is 7.44. The molecular weight excluding hydrogens is 386 g/mol. The summed E-state index contributed by atoms with van der Waals surface area (Å²) in [6.45, 7) is 4.03. The van der Waals surface area contributed by atoms with E-state index < -0.39 is 0 Å². The highest BCUT2D eigenvalue weighted by molar-refractivity contribution is 7.18. The van der Waals surface area contributed by atoms with Gasteiger partial charge in [-0.2, -0.15) is 0 Å². The predicted molar refractivity (Wildman–Crippen MR) is 105 cm³/mol. The van der Waals surface area contributed by atoms with E-state index in [-0.39, 0.29) is 24.6 Å². The highest BCUT2D eigenvalue weighted by Crippen LogP contribution is 2.25. The predicted octanol–water partition coefficient (Wildman–Crippen LogP) is 2.69. The van der Waals surface area contributed by atoms with Crippen molar-refractivity contribution in [3.8, 4) is 0 Å². The third kappa shape index (κ3) is 3.33. The smallest absolute Gasteiger partial charge is 0.262 e. The monoisotopic (exact) mass is 401 g/mol. The standard InChI is InChI=1S/C18H16ClN5O2S/c1-10-11(2)27-17-16(10)18(26)24(9-21-17)8-15(25)20-5-13-7-23-6-12(19)3-4-14(23)22-13/h3-4,6-7,9H,5,8H2,1-2H3,(H,20,25). The van der Waals surface area contributed by atoms with Gasteiger partial charge in [0.1, 0.15) is 17.0 Å². The van der Waals surface area contributed by atoms with Gasteiger partial charge in [-0.25, -0.2) is 9.97 Å². The quantitative estimate of drug-likeness (QED) is 0.570. The summed E-state index contributed by atoms with van der Waals surface area (Å²) in [6.07, 6.45) is 4.98. The first-order valence-corrected chi connectivity index (χ1v) is 9.47. The summed E-state index contributed by atoms with van der Waals surface area (Å²) in [5.74, 6) is -0.280. The van der Waals surface area contributed by atoms with Crippen molar-refractivity contribution in [1.82, 2.24) is 24.3 Å². The SMILES string of the molecule is Cc1sc2ncn(CC(=O)NCc3cn4cc(Cl)ccc4n3)c(=O)c2c1C. The molecule has 0 aliphatic heterocycles. The molecule has 0 aromatic carbocycles. The van der Waals surface area contributed by atoms with E-state index >= 15 is 0 Å². The highest BCUT2D eigenvalue weighted by Gasteiger charge is 2.14. The second kappa shape index (κ2) is 6.79. The first kappa shape index (κ1) is 17.7. The molecule has 0 atom stereocenters. The molecule has 1 amide bonds. The number of hydrogen-bond acceptors (Lipinski definition) is 5. The van der Waals surface area contributed by atoms with Crippen LogP contribution in [0.5, 0.6) is 0 Å². The maximum Gasteiger partial charge on any atom is 0.262 e. The molecule has 27 heavy (non-hydrogen) atoms. The first-order chi connectivity index (χ1) is 12.9. The van der Waals surface area contributed by atoms with E-state index in [1.165, 1.54) is 22.2 Å². The van der Waals surface area contributed by atoms with Gasteiger partial charge in [0.05, 0.1) is 29.0 Å². The van der Waals surface area contributed by atoms with Crippen LogP contribution in [0, 0.1) is 13.8 Å². The summed E-state index contributed by atoms with van der Waals surface area (Å²) < 4.78 is 3.13. The number of thiophene rings is 1. The van der Waals surface area contributed by atoms with Crippen LogP contribution in [-0.4, -0.2) is 24.8 Å². The molecule has 0 fully saturated rings. The number of nitrogens with zero attached hydrogens (tertiary/aromatic N) is 4. The summed E-state index contributed by atoms with van der Waals surface area (Å²) in [7, 11) is 0. The van der Waals surface area contributed by atoms with Gasteiger partial charge in [0.2, 0.25) is 5.91 Å². The Morgan fingerprint density at radius 1 is 1.30 bits per heavy atom. The lowest BCUT2D eigenvalue weighted by Crippen LogP contribution is -2.32. The van der Waals surface area contributed by atoms with Gasteiger partial charge in [-0.05, 0) is 31.5 Å². The van der Waals surface area contributed by atoms with Crippen LogP contribution in [0.15, 0.2) is 35.6 Å². The van der Waals surface area contributed by atoms with Gasteiger partial charge in [-0.3, -0.25) is 14.2 Å². The molecule has 0 unspecified atom stereocenters. The van der Waals surface area contributed by atoms with Crippen LogP contribution in [0.4, 0.5) is 0 Å². The zero-order chi connectivity index (χ0) is 19.1. The van der Waals surface area contributed by atoms with Crippen molar-refractivity contribution in [1.29, 1.82) is 0 Å². The number of imidazole rings is 1. The van der Waals surface area contributed by atoms with Gasteiger partial charge in [-0.15, -0.1) is 11.3 Å². The Morgan fingerprint density at radius 2 is 2.11 bits per heavy atom. The number of aryl methyl sites for hydroxylation is 2. The number of carbonyl (C=O) groups is 1. The lowest BCUT2D eigenvalue weighted by Gasteiger charge is -2.06. The van der Waals surface area contributed by atoms with Crippen molar-refractivity contribution in [2.75, 3.05) is 0 Å². The zero-order valence-electron chi connectivity index (χ0n) is 14.7. The Balaban J connectivity index is 1.49. The van der Waals surface area contributed by atoms with E-state index in [0.717, 1.165) is 16.1 Å². The molecule has 0 radical (unpaired) electrons. The van der Waals surface area contributed by atoms with E-state index in [2.05, 4.69) is 15.3 Å². The Morgan fingerprint density at radius 3 is 2.93 bits per heavy atom. The average Bonchev–Trinajstić information content (AvgIpc) is 3.16. The number of pyridine rings is 1. The molecule has 138 valence electrons. The van der Waals surface area contributed by atoms with Crippen LogP contribution >= 0.6 is 22.9 Å². The maximum atomic E-state index is 12.6. The fraction of sp³-hybridized carbons (Fsp3) is 0.222. The molecule has 4 heterocycles. The molecule has 0 saturated heterocycles. The van der Waals surface area contributed by atoms with Gasteiger partial charge >= 0.3 is 0 Å². The lowest BCUT2D eigenvalue weighted by molar-refractivity contribution is -0.121. The third-order valence-electron chi connectivity index (χ3n) is 4.40. The summed E-state index contributed by atoms with van der Waals surface area (Å²) in [6, 6.07) is 3.56. The lowest BCUT2D eigenvalue weighted by atomic mass is 10.2. The molecule has 0 bridgehead atoms. The fourth-order valence-electron chi connectivity index (χ4n) is 2.88. The normalized spacial score (nSPS) is 11.4. The first-order valence-electron chi connectivity index (χ1n) is 8.27. The van der Waals surface area contributed by atoms with Crippen molar-refractivity contribution < 1.29 is 4.79 Å². The van der Waals surface area contributed by atoms with Gasteiger partial charge in [0.15, 0.2) is 0 Å². The molecular formula is C18H16ClN5O2S. The number of halogens is 1. The van der Waals surface area contributed by atoms with Gasteiger partial charge in [0, 0.05) is 17.3 Å². The Bertz CT molecular complexity index is 1240. The van der Waals surface area contributed by atoms with Crippen LogP contribution in [0.2, 0.25) is 5.02 Å². The minimum atomic E-state index is -0.280. The highest BCUT2D eigenvalue weighted by atomic mass is 35.5. The van der Waals surface area contributed by atoms with Crippen molar-refractivity contribution in [2.45, 2.75) is 26.9 Å². The van der Waals surface area contributed by atoms with Gasteiger partial charge in [-0.1, -0.05) is 11.6 Å². The number of aromatic nitrogens is 4. The largest absolute Gasteiger partial charge is 0.349 e. The number of carbonyl (C=O) groups excluding carboxylic acids is 1. The van der Waals surface area contributed by atoms with Crippen LogP contribution in [0.3, 0.4) is 0 Å². The third-order valence-corrected chi connectivity index (χ3v) is 5.74. The Kier molecular flexibility index (Phi) is 4.45. The number of amides is 1. The molecule has 4 rings (SSSR count). The van der Waals surface area contributed by atoms with E-state index in [1.807, 2.05) is 13.8 Å². The van der Waals surface area contributed by atoms with Crippen LogP contribution in [0.1, 0.15) is 16.1 Å². The van der Waals surface area contributed by atoms with Crippen molar-refractivity contribution >= 4 is 44.7 Å². The molecule has 0 spiro atoms. The minimum Gasteiger partial charge on any atom is -0.349 e. The van der Waals surface area contributed by atoms with Gasteiger partial charge < -0.3 is 9.72 Å². The van der Waals surface area contributed by atoms with Crippen molar-refractivity contribution in [2.24, 2.45) is 0 Å². The van der Waals surface area contributed by atoms with Crippen LogP contribution in [0.25, 0.3) is 15.9 Å². The molecule has 0 aliphatic rings. The topological polar surface area (TPSA) is 81.3 Å².